The topological polar surface area (TPSA) is 71.3 Å². The van der Waals surface area contributed by atoms with Crippen molar-refractivity contribution in [3.8, 4) is 0 Å². The van der Waals surface area contributed by atoms with E-state index in [0.717, 1.165) is 19.6 Å². The smallest absolute Gasteiger partial charge is 0.244 e. The van der Waals surface area contributed by atoms with Crippen LogP contribution in [0.2, 0.25) is 0 Å². The Hall–Kier alpha value is -3.06. The van der Waals surface area contributed by atoms with Gasteiger partial charge in [0, 0.05) is 50.5 Å². The van der Waals surface area contributed by atoms with E-state index >= 15 is 0 Å². The van der Waals surface area contributed by atoms with Crippen LogP contribution in [-0.4, -0.2) is 56.7 Å². The SMILES string of the molecule is O=C(Cn1ncc(=O)c2ccccc21)N1CCN(Cc2ccncc2)CC1. The minimum atomic E-state index is -0.126. The molecule has 138 valence electrons. The lowest BCUT2D eigenvalue weighted by Gasteiger charge is -2.34. The summed E-state index contributed by atoms with van der Waals surface area (Å²) in [5.74, 6) is 0.0277. The second kappa shape index (κ2) is 7.67. The largest absolute Gasteiger partial charge is 0.339 e. The second-order valence-electron chi connectivity index (χ2n) is 6.70. The third-order valence-electron chi connectivity index (χ3n) is 4.93. The molecule has 0 unspecified atom stereocenters. The Kier molecular flexibility index (Phi) is 4.93. The van der Waals surface area contributed by atoms with Crippen LogP contribution >= 0.6 is 0 Å². The molecule has 3 aromatic rings. The lowest BCUT2D eigenvalue weighted by atomic mass is 10.2. The highest BCUT2D eigenvalue weighted by Crippen LogP contribution is 2.11. The van der Waals surface area contributed by atoms with Crippen molar-refractivity contribution in [3.63, 3.8) is 0 Å². The molecule has 0 saturated carbocycles. The number of hydrogen-bond acceptors (Lipinski definition) is 5. The lowest BCUT2D eigenvalue weighted by molar-refractivity contribution is -0.133. The van der Waals surface area contributed by atoms with Gasteiger partial charge in [-0.05, 0) is 29.8 Å². The van der Waals surface area contributed by atoms with Crippen molar-refractivity contribution < 1.29 is 4.79 Å². The van der Waals surface area contributed by atoms with Crippen molar-refractivity contribution in [3.05, 3.63) is 70.8 Å². The van der Waals surface area contributed by atoms with Crippen LogP contribution in [-0.2, 0) is 17.9 Å². The second-order valence-corrected chi connectivity index (χ2v) is 6.70. The summed E-state index contributed by atoms with van der Waals surface area (Å²) in [5.41, 5.74) is 1.79. The van der Waals surface area contributed by atoms with E-state index in [4.69, 9.17) is 0 Å². The van der Waals surface area contributed by atoms with Crippen LogP contribution in [0, 0.1) is 0 Å². The number of carbonyl (C=O) groups excluding carboxylic acids is 1. The van der Waals surface area contributed by atoms with Gasteiger partial charge in [-0.1, -0.05) is 12.1 Å². The molecule has 1 aliphatic heterocycles. The summed E-state index contributed by atoms with van der Waals surface area (Å²) < 4.78 is 1.61. The molecule has 1 aliphatic rings. The van der Waals surface area contributed by atoms with Gasteiger partial charge in [-0.15, -0.1) is 0 Å². The van der Waals surface area contributed by atoms with E-state index in [2.05, 4.69) is 15.0 Å². The number of benzene rings is 1. The summed E-state index contributed by atoms with van der Waals surface area (Å²) in [6, 6.07) is 11.3. The minimum Gasteiger partial charge on any atom is -0.339 e. The fourth-order valence-electron chi connectivity index (χ4n) is 3.42. The molecule has 0 spiro atoms. The minimum absolute atomic E-state index is 0.0277. The molecular weight excluding hydrogens is 342 g/mol. The highest BCUT2D eigenvalue weighted by molar-refractivity contribution is 5.81. The summed E-state index contributed by atoms with van der Waals surface area (Å²) in [6.45, 7) is 4.09. The molecule has 1 fully saturated rings. The third kappa shape index (κ3) is 3.88. The monoisotopic (exact) mass is 363 g/mol. The maximum absolute atomic E-state index is 12.7. The fraction of sp³-hybridized carbons (Fsp3) is 0.300. The van der Waals surface area contributed by atoms with Gasteiger partial charge in [0.2, 0.25) is 11.3 Å². The first-order chi connectivity index (χ1) is 13.2. The molecule has 7 nitrogen and oxygen atoms in total. The molecule has 0 N–H and O–H groups in total. The first-order valence-corrected chi connectivity index (χ1v) is 9.04. The molecule has 4 rings (SSSR count). The lowest BCUT2D eigenvalue weighted by Crippen LogP contribution is -2.49. The van der Waals surface area contributed by atoms with Gasteiger partial charge >= 0.3 is 0 Å². The average Bonchev–Trinajstić information content (AvgIpc) is 2.71. The fourth-order valence-corrected chi connectivity index (χ4v) is 3.42. The number of rotatable bonds is 4. The number of aromatic nitrogens is 3. The van der Waals surface area contributed by atoms with E-state index in [1.54, 1.807) is 23.1 Å². The Labute approximate surface area is 156 Å². The molecule has 27 heavy (non-hydrogen) atoms. The van der Waals surface area contributed by atoms with Gasteiger partial charge < -0.3 is 4.90 Å². The molecule has 0 atom stereocenters. The van der Waals surface area contributed by atoms with Crippen molar-refractivity contribution in [2.75, 3.05) is 26.2 Å². The van der Waals surface area contributed by atoms with E-state index in [0.29, 0.717) is 24.0 Å². The molecule has 1 saturated heterocycles. The van der Waals surface area contributed by atoms with E-state index in [1.165, 1.54) is 11.8 Å². The molecule has 1 aromatic carbocycles. The Bertz CT molecular complexity index is 994. The van der Waals surface area contributed by atoms with Crippen molar-refractivity contribution in [2.45, 2.75) is 13.1 Å². The molecule has 0 bridgehead atoms. The number of para-hydroxylation sites is 1. The third-order valence-corrected chi connectivity index (χ3v) is 4.93. The molecule has 1 amide bonds. The molecule has 0 radical (unpaired) electrons. The quantitative estimate of drug-likeness (QED) is 0.695. The number of fused-ring (bicyclic) bond motifs is 1. The number of carbonyl (C=O) groups is 1. The van der Waals surface area contributed by atoms with Gasteiger partial charge in [0.15, 0.2) is 0 Å². The van der Waals surface area contributed by atoms with Gasteiger partial charge in [-0.3, -0.25) is 24.2 Å². The number of nitrogens with zero attached hydrogens (tertiary/aromatic N) is 5. The van der Waals surface area contributed by atoms with Crippen LogP contribution in [0.5, 0.6) is 0 Å². The normalized spacial score (nSPS) is 15.2. The van der Waals surface area contributed by atoms with Crippen LogP contribution in [0.25, 0.3) is 10.9 Å². The van der Waals surface area contributed by atoms with Crippen molar-refractivity contribution >= 4 is 16.8 Å². The number of piperazine rings is 1. The summed E-state index contributed by atoms with van der Waals surface area (Å²) in [6.07, 6.45) is 4.88. The predicted molar refractivity (Wildman–Crippen MR) is 102 cm³/mol. The van der Waals surface area contributed by atoms with Gasteiger partial charge in [-0.25, -0.2) is 0 Å². The summed E-state index contributed by atoms with van der Waals surface area (Å²) in [7, 11) is 0. The molecule has 7 heteroatoms. The van der Waals surface area contributed by atoms with Crippen LogP contribution in [0.1, 0.15) is 5.56 Å². The van der Waals surface area contributed by atoms with Gasteiger partial charge in [0.1, 0.15) is 6.54 Å². The van der Waals surface area contributed by atoms with Gasteiger partial charge in [0.05, 0.1) is 11.7 Å². The van der Waals surface area contributed by atoms with Crippen molar-refractivity contribution in [2.24, 2.45) is 0 Å². The van der Waals surface area contributed by atoms with Crippen LogP contribution in [0.3, 0.4) is 0 Å². The Morgan fingerprint density at radius 2 is 1.74 bits per heavy atom. The van der Waals surface area contributed by atoms with E-state index in [-0.39, 0.29) is 17.9 Å². The summed E-state index contributed by atoms with van der Waals surface area (Å²) >= 11 is 0. The number of hydrogen-bond donors (Lipinski definition) is 0. The number of amides is 1. The van der Waals surface area contributed by atoms with Crippen molar-refractivity contribution in [1.82, 2.24) is 24.6 Å². The zero-order valence-electron chi connectivity index (χ0n) is 15.0. The highest BCUT2D eigenvalue weighted by atomic mass is 16.2. The zero-order valence-corrected chi connectivity index (χ0v) is 15.0. The highest BCUT2D eigenvalue weighted by Gasteiger charge is 2.21. The molecular formula is C20H21N5O2. The number of pyridine rings is 1. The van der Waals surface area contributed by atoms with E-state index in [9.17, 15) is 9.59 Å². The van der Waals surface area contributed by atoms with E-state index in [1.807, 2.05) is 35.2 Å². The standard InChI is InChI=1S/C20H21N5O2/c26-19-13-22-25(18-4-2-1-3-17(18)19)15-20(27)24-11-9-23(10-12-24)14-16-5-7-21-8-6-16/h1-8,13H,9-12,14-15H2. The first kappa shape index (κ1) is 17.4. The summed E-state index contributed by atoms with van der Waals surface area (Å²) in [4.78, 5) is 32.9. The molecule has 0 aliphatic carbocycles. The molecule has 2 aromatic heterocycles. The Morgan fingerprint density at radius 1 is 1.00 bits per heavy atom. The average molecular weight is 363 g/mol. The van der Waals surface area contributed by atoms with Crippen LogP contribution < -0.4 is 5.43 Å². The maximum atomic E-state index is 12.7. The predicted octanol–water partition coefficient (Wildman–Crippen LogP) is 1.14. The Morgan fingerprint density at radius 3 is 2.52 bits per heavy atom. The van der Waals surface area contributed by atoms with Crippen molar-refractivity contribution in [1.29, 1.82) is 0 Å². The zero-order chi connectivity index (χ0) is 18.6. The summed E-state index contributed by atoms with van der Waals surface area (Å²) in [5, 5.41) is 4.74. The molecule has 3 heterocycles. The Balaban J connectivity index is 1.39. The van der Waals surface area contributed by atoms with Crippen LogP contribution in [0.15, 0.2) is 59.8 Å². The van der Waals surface area contributed by atoms with Gasteiger partial charge in [-0.2, -0.15) is 5.10 Å². The van der Waals surface area contributed by atoms with E-state index < -0.39 is 0 Å². The maximum Gasteiger partial charge on any atom is 0.244 e. The van der Waals surface area contributed by atoms with Gasteiger partial charge in [0.25, 0.3) is 0 Å². The first-order valence-electron chi connectivity index (χ1n) is 9.04. The van der Waals surface area contributed by atoms with Crippen LogP contribution in [0.4, 0.5) is 0 Å².